The van der Waals surface area contributed by atoms with E-state index in [-0.39, 0.29) is 11.3 Å². The lowest BCUT2D eigenvalue weighted by atomic mass is 9.98. The standard InChI is InChI=1S/C11H13F3N2O4S/c1-5-3-6(2)8(15)4-7(5)9(10(17)18)16-21(19,20)11(12,13)14/h3-4,9,16H,15H2,1-2H3,(H,17,18). The van der Waals surface area contributed by atoms with Gasteiger partial charge >= 0.3 is 21.5 Å². The van der Waals surface area contributed by atoms with Gasteiger partial charge in [0, 0.05) is 5.69 Å². The largest absolute Gasteiger partial charge is 0.511 e. The van der Waals surface area contributed by atoms with Crippen LogP contribution in [0.25, 0.3) is 0 Å². The molecule has 0 spiro atoms. The zero-order chi connectivity index (χ0) is 16.6. The lowest BCUT2D eigenvalue weighted by Crippen LogP contribution is -2.41. The van der Waals surface area contributed by atoms with E-state index in [9.17, 15) is 26.4 Å². The number of aryl methyl sites for hydroxylation is 2. The van der Waals surface area contributed by atoms with Crippen LogP contribution in [0.1, 0.15) is 22.7 Å². The lowest BCUT2D eigenvalue weighted by Gasteiger charge is -2.19. The second-order valence-corrected chi connectivity index (χ2v) is 6.11. The second kappa shape index (κ2) is 5.53. The Morgan fingerprint density at radius 2 is 1.81 bits per heavy atom. The number of nitrogens with two attached hydrogens (primary N) is 1. The number of halogens is 3. The van der Waals surface area contributed by atoms with Crippen LogP contribution in [0.15, 0.2) is 12.1 Å². The first-order chi connectivity index (χ1) is 9.36. The number of anilines is 1. The van der Waals surface area contributed by atoms with Crippen molar-refractivity contribution in [3.63, 3.8) is 0 Å². The van der Waals surface area contributed by atoms with Crippen LogP contribution in [0.5, 0.6) is 0 Å². The van der Waals surface area contributed by atoms with Crippen molar-refractivity contribution in [1.82, 2.24) is 4.72 Å². The molecule has 0 saturated carbocycles. The quantitative estimate of drug-likeness (QED) is 0.726. The van der Waals surface area contributed by atoms with Crippen molar-refractivity contribution in [3.8, 4) is 0 Å². The van der Waals surface area contributed by atoms with Gasteiger partial charge in [0.2, 0.25) is 0 Å². The van der Waals surface area contributed by atoms with E-state index in [4.69, 9.17) is 10.8 Å². The predicted octanol–water partition coefficient (Wildman–Crippen LogP) is 1.45. The number of hydrogen-bond acceptors (Lipinski definition) is 4. The fraction of sp³-hybridized carbons (Fsp3) is 0.364. The van der Waals surface area contributed by atoms with Gasteiger partial charge in [0.05, 0.1) is 0 Å². The third kappa shape index (κ3) is 3.64. The number of nitrogen functional groups attached to an aromatic ring is 1. The van der Waals surface area contributed by atoms with Gasteiger partial charge in [0.1, 0.15) is 6.04 Å². The third-order valence-corrected chi connectivity index (χ3v) is 3.95. The molecule has 1 rings (SSSR count). The topological polar surface area (TPSA) is 109 Å². The Kier molecular flexibility index (Phi) is 4.54. The van der Waals surface area contributed by atoms with E-state index in [1.54, 1.807) is 6.92 Å². The van der Waals surface area contributed by atoms with Crippen molar-refractivity contribution in [3.05, 3.63) is 28.8 Å². The fourth-order valence-electron chi connectivity index (χ4n) is 1.67. The van der Waals surface area contributed by atoms with E-state index in [0.29, 0.717) is 11.1 Å². The van der Waals surface area contributed by atoms with Crippen LogP contribution >= 0.6 is 0 Å². The van der Waals surface area contributed by atoms with E-state index < -0.39 is 27.5 Å². The first-order valence-electron chi connectivity index (χ1n) is 5.55. The summed E-state index contributed by atoms with van der Waals surface area (Å²) in [4.78, 5) is 11.1. The van der Waals surface area contributed by atoms with Crippen molar-refractivity contribution in [2.75, 3.05) is 5.73 Å². The van der Waals surface area contributed by atoms with Crippen molar-refractivity contribution >= 4 is 21.7 Å². The smallest absolute Gasteiger partial charge is 0.480 e. The Hall–Kier alpha value is -1.81. The molecule has 0 saturated heterocycles. The molecule has 0 fully saturated rings. The lowest BCUT2D eigenvalue weighted by molar-refractivity contribution is -0.139. The molecule has 1 aromatic rings. The van der Waals surface area contributed by atoms with Crippen LogP contribution in [-0.4, -0.2) is 25.0 Å². The van der Waals surface area contributed by atoms with Crippen molar-refractivity contribution < 1.29 is 31.5 Å². The van der Waals surface area contributed by atoms with Gasteiger partial charge in [-0.15, -0.1) is 0 Å². The second-order valence-electron chi connectivity index (χ2n) is 4.40. The van der Waals surface area contributed by atoms with E-state index >= 15 is 0 Å². The summed E-state index contributed by atoms with van der Waals surface area (Å²) >= 11 is 0. The van der Waals surface area contributed by atoms with Gasteiger partial charge in [-0.1, -0.05) is 6.07 Å². The number of benzene rings is 1. The summed E-state index contributed by atoms with van der Waals surface area (Å²) in [5, 5.41) is 9.01. The van der Waals surface area contributed by atoms with Crippen molar-refractivity contribution in [2.45, 2.75) is 25.4 Å². The van der Waals surface area contributed by atoms with Gasteiger partial charge in [-0.25, -0.2) is 8.42 Å². The van der Waals surface area contributed by atoms with Gasteiger partial charge in [-0.3, -0.25) is 4.79 Å². The van der Waals surface area contributed by atoms with Gasteiger partial charge < -0.3 is 10.8 Å². The number of alkyl halides is 3. The average Bonchev–Trinajstić information content (AvgIpc) is 2.29. The molecule has 1 aromatic carbocycles. The molecule has 1 unspecified atom stereocenters. The number of nitrogens with one attached hydrogen (secondary N) is 1. The van der Waals surface area contributed by atoms with E-state index in [1.165, 1.54) is 13.0 Å². The summed E-state index contributed by atoms with van der Waals surface area (Å²) < 4.78 is 60.3. The zero-order valence-electron chi connectivity index (χ0n) is 11.0. The molecule has 6 nitrogen and oxygen atoms in total. The molecule has 0 aliphatic rings. The number of carboxylic acids is 1. The summed E-state index contributed by atoms with van der Waals surface area (Å²) in [6.07, 6.45) is 0. The summed E-state index contributed by atoms with van der Waals surface area (Å²) in [7, 11) is -5.80. The normalized spacial score (nSPS) is 14.0. The number of sulfonamides is 1. The van der Waals surface area contributed by atoms with Crippen LogP contribution in [0.3, 0.4) is 0 Å². The van der Waals surface area contributed by atoms with Crippen LogP contribution < -0.4 is 10.5 Å². The van der Waals surface area contributed by atoms with Crippen molar-refractivity contribution in [1.29, 1.82) is 0 Å². The molecule has 0 radical (unpaired) electrons. The van der Waals surface area contributed by atoms with E-state index in [2.05, 4.69) is 0 Å². The Balaban J connectivity index is 3.34. The molecule has 1 atom stereocenters. The summed E-state index contributed by atoms with van der Waals surface area (Å²) in [6, 6.07) is 0.518. The highest BCUT2D eigenvalue weighted by molar-refractivity contribution is 7.90. The van der Waals surface area contributed by atoms with Gasteiger partial charge in [0.15, 0.2) is 0 Å². The van der Waals surface area contributed by atoms with Crippen LogP contribution in [0.4, 0.5) is 18.9 Å². The Labute approximate surface area is 118 Å². The SMILES string of the molecule is Cc1cc(C)c(C(NS(=O)(=O)C(F)(F)F)C(=O)O)cc1N. The Bertz CT molecular complexity index is 671. The Morgan fingerprint density at radius 3 is 2.24 bits per heavy atom. The molecule has 0 aromatic heterocycles. The number of aliphatic carboxylic acids is 1. The maximum absolute atomic E-state index is 12.3. The number of carboxylic acid groups (broad SMARTS) is 1. The highest BCUT2D eigenvalue weighted by Crippen LogP contribution is 2.28. The summed E-state index contributed by atoms with van der Waals surface area (Å²) in [5.74, 6) is -1.77. The van der Waals surface area contributed by atoms with Crippen molar-refractivity contribution in [2.24, 2.45) is 0 Å². The van der Waals surface area contributed by atoms with Crippen LogP contribution in [0, 0.1) is 13.8 Å². The number of hydrogen-bond donors (Lipinski definition) is 3. The third-order valence-electron chi connectivity index (χ3n) is 2.79. The van der Waals surface area contributed by atoms with Crippen LogP contribution in [-0.2, 0) is 14.8 Å². The first kappa shape index (κ1) is 17.2. The van der Waals surface area contributed by atoms with Crippen LogP contribution in [0.2, 0.25) is 0 Å². The minimum absolute atomic E-state index is 0.146. The maximum atomic E-state index is 12.3. The summed E-state index contributed by atoms with van der Waals surface area (Å²) in [5.41, 5.74) is 0.871. The molecule has 0 heterocycles. The molecule has 0 bridgehead atoms. The number of carbonyl (C=O) groups is 1. The van der Waals surface area contributed by atoms with E-state index in [0.717, 1.165) is 10.8 Å². The molecule has 0 aliphatic heterocycles. The van der Waals surface area contributed by atoms with Gasteiger partial charge in [-0.05, 0) is 36.6 Å². The molecule has 21 heavy (non-hydrogen) atoms. The minimum atomic E-state index is -5.80. The minimum Gasteiger partial charge on any atom is -0.480 e. The first-order valence-corrected chi connectivity index (χ1v) is 7.03. The highest BCUT2D eigenvalue weighted by Gasteiger charge is 2.48. The molecule has 10 heteroatoms. The zero-order valence-corrected chi connectivity index (χ0v) is 11.8. The summed E-state index contributed by atoms with van der Waals surface area (Å²) in [6.45, 7) is 3.07. The maximum Gasteiger partial charge on any atom is 0.511 e. The van der Waals surface area contributed by atoms with E-state index in [1.807, 2.05) is 0 Å². The molecule has 0 aliphatic carbocycles. The Morgan fingerprint density at radius 1 is 1.29 bits per heavy atom. The molecular weight excluding hydrogens is 313 g/mol. The average molecular weight is 326 g/mol. The molecule has 0 amide bonds. The van der Waals surface area contributed by atoms with Gasteiger partial charge in [0.25, 0.3) is 0 Å². The molecular formula is C11H13F3N2O4S. The fourth-order valence-corrected chi connectivity index (χ4v) is 2.34. The monoisotopic (exact) mass is 326 g/mol. The highest BCUT2D eigenvalue weighted by atomic mass is 32.2. The predicted molar refractivity (Wildman–Crippen MR) is 68.8 cm³/mol. The number of rotatable bonds is 4. The van der Waals surface area contributed by atoms with Gasteiger partial charge in [-0.2, -0.15) is 17.9 Å². The molecule has 4 N–H and O–H groups in total. The molecule has 118 valence electrons.